The van der Waals surface area contributed by atoms with Gasteiger partial charge in [0.25, 0.3) is 5.91 Å². The van der Waals surface area contributed by atoms with Gasteiger partial charge in [-0.15, -0.1) is 0 Å². The summed E-state index contributed by atoms with van der Waals surface area (Å²) >= 11 is 5.99. The van der Waals surface area contributed by atoms with E-state index in [1.807, 2.05) is 31.2 Å². The topological polar surface area (TPSA) is 68.0 Å². The van der Waals surface area contributed by atoms with Crippen molar-refractivity contribution in [3.8, 4) is 11.4 Å². The molecule has 3 aromatic rings. The minimum Gasteiger partial charge on any atom is -0.343 e. The highest BCUT2D eigenvalue weighted by Gasteiger charge is 2.12. The van der Waals surface area contributed by atoms with E-state index in [-0.39, 0.29) is 12.5 Å². The average molecular weight is 328 g/mol. The fourth-order valence-electron chi connectivity index (χ4n) is 2.04. The lowest BCUT2D eigenvalue weighted by molar-refractivity contribution is 0.0946. The van der Waals surface area contributed by atoms with Gasteiger partial charge in [-0.1, -0.05) is 58.7 Å². The number of aromatic nitrogens is 2. The van der Waals surface area contributed by atoms with Crippen LogP contribution in [0.1, 0.15) is 21.8 Å². The van der Waals surface area contributed by atoms with Gasteiger partial charge in [-0.05, 0) is 19.1 Å². The largest absolute Gasteiger partial charge is 0.343 e. The molecule has 2 aromatic carbocycles. The molecule has 0 bridgehead atoms. The van der Waals surface area contributed by atoms with Crippen molar-refractivity contribution >= 4 is 17.5 Å². The quantitative estimate of drug-likeness (QED) is 0.794. The van der Waals surface area contributed by atoms with Crippen molar-refractivity contribution in [1.82, 2.24) is 15.5 Å². The number of rotatable bonds is 4. The van der Waals surface area contributed by atoms with Crippen LogP contribution in [0, 0.1) is 6.92 Å². The van der Waals surface area contributed by atoms with Crippen LogP contribution >= 0.6 is 11.6 Å². The summed E-state index contributed by atoms with van der Waals surface area (Å²) in [5, 5.41) is 7.03. The normalized spacial score (nSPS) is 10.5. The molecule has 1 amide bonds. The molecule has 1 N–H and O–H groups in total. The average Bonchev–Trinajstić information content (AvgIpc) is 3.03. The molecule has 0 saturated heterocycles. The predicted molar refractivity (Wildman–Crippen MR) is 87.1 cm³/mol. The molecule has 3 rings (SSSR count). The second kappa shape index (κ2) is 6.62. The maximum atomic E-state index is 12.1. The molecular weight excluding hydrogens is 314 g/mol. The smallest absolute Gasteiger partial charge is 0.253 e. The molecule has 0 spiro atoms. The van der Waals surface area contributed by atoms with E-state index in [2.05, 4.69) is 15.5 Å². The van der Waals surface area contributed by atoms with Gasteiger partial charge < -0.3 is 9.84 Å². The lowest BCUT2D eigenvalue weighted by Gasteiger charge is -2.03. The minimum absolute atomic E-state index is 0.142. The van der Waals surface area contributed by atoms with E-state index >= 15 is 0 Å². The van der Waals surface area contributed by atoms with Crippen LogP contribution in [0.4, 0.5) is 0 Å². The fraction of sp³-hybridized carbons (Fsp3) is 0.118. The number of carbonyl (C=O) groups excluding carboxylic acids is 1. The molecule has 0 aliphatic carbocycles. The van der Waals surface area contributed by atoms with Crippen LogP contribution in [-0.4, -0.2) is 16.0 Å². The molecule has 116 valence electrons. The summed E-state index contributed by atoms with van der Waals surface area (Å²) in [4.78, 5) is 16.3. The van der Waals surface area contributed by atoms with E-state index in [4.69, 9.17) is 16.1 Å². The molecule has 0 saturated carbocycles. The van der Waals surface area contributed by atoms with E-state index < -0.39 is 0 Å². The third-order valence-corrected chi connectivity index (χ3v) is 3.63. The molecule has 0 radical (unpaired) electrons. The SMILES string of the molecule is Cc1ccc(-c2noc(CNC(=O)c3ccccc3Cl)n2)cc1. The molecule has 0 fully saturated rings. The molecule has 6 heteroatoms. The number of hydrogen-bond acceptors (Lipinski definition) is 4. The number of aryl methyl sites for hydroxylation is 1. The molecule has 0 aliphatic heterocycles. The highest BCUT2D eigenvalue weighted by Crippen LogP contribution is 2.17. The summed E-state index contributed by atoms with van der Waals surface area (Å²) in [5.41, 5.74) is 2.43. The Morgan fingerprint density at radius 3 is 2.65 bits per heavy atom. The molecule has 1 heterocycles. The number of halogens is 1. The summed E-state index contributed by atoms with van der Waals surface area (Å²) < 4.78 is 5.16. The van der Waals surface area contributed by atoms with Crippen molar-refractivity contribution in [2.75, 3.05) is 0 Å². The Morgan fingerprint density at radius 1 is 1.17 bits per heavy atom. The van der Waals surface area contributed by atoms with E-state index in [0.29, 0.717) is 22.3 Å². The Kier molecular flexibility index (Phi) is 4.39. The van der Waals surface area contributed by atoms with Crippen LogP contribution in [0.2, 0.25) is 5.02 Å². The first-order chi connectivity index (χ1) is 11.1. The first-order valence-electron chi connectivity index (χ1n) is 7.06. The molecule has 5 nitrogen and oxygen atoms in total. The zero-order chi connectivity index (χ0) is 16.2. The van der Waals surface area contributed by atoms with Crippen molar-refractivity contribution in [2.45, 2.75) is 13.5 Å². The van der Waals surface area contributed by atoms with Crippen LogP contribution in [0.3, 0.4) is 0 Å². The summed E-state index contributed by atoms with van der Waals surface area (Å²) in [6.07, 6.45) is 0. The van der Waals surface area contributed by atoms with Crippen LogP contribution in [0.25, 0.3) is 11.4 Å². The third-order valence-electron chi connectivity index (χ3n) is 3.30. The maximum absolute atomic E-state index is 12.1. The summed E-state index contributed by atoms with van der Waals surface area (Å²) in [6, 6.07) is 14.6. The van der Waals surface area contributed by atoms with Gasteiger partial charge in [-0.25, -0.2) is 0 Å². The number of hydrogen-bond donors (Lipinski definition) is 1. The molecule has 23 heavy (non-hydrogen) atoms. The summed E-state index contributed by atoms with van der Waals surface area (Å²) in [5.74, 6) is 0.540. The standard InChI is InChI=1S/C17H14ClN3O2/c1-11-6-8-12(9-7-11)16-20-15(23-21-16)10-19-17(22)13-4-2-3-5-14(13)18/h2-9H,10H2,1H3,(H,19,22). The molecular formula is C17H14ClN3O2. The fourth-order valence-corrected chi connectivity index (χ4v) is 2.26. The van der Waals surface area contributed by atoms with Crippen LogP contribution in [-0.2, 0) is 6.54 Å². The van der Waals surface area contributed by atoms with Crippen molar-refractivity contribution in [3.63, 3.8) is 0 Å². The molecule has 0 unspecified atom stereocenters. The monoisotopic (exact) mass is 327 g/mol. The van der Waals surface area contributed by atoms with Crippen molar-refractivity contribution in [3.05, 3.63) is 70.6 Å². The number of nitrogens with zero attached hydrogens (tertiary/aromatic N) is 2. The molecule has 1 aromatic heterocycles. The number of carbonyl (C=O) groups is 1. The Labute approximate surface area is 138 Å². The van der Waals surface area contributed by atoms with Gasteiger partial charge in [0.1, 0.15) is 0 Å². The Balaban J connectivity index is 1.67. The van der Waals surface area contributed by atoms with Crippen molar-refractivity contribution in [1.29, 1.82) is 0 Å². The van der Waals surface area contributed by atoms with Crippen LogP contribution in [0.5, 0.6) is 0 Å². The van der Waals surface area contributed by atoms with Gasteiger partial charge in [0, 0.05) is 5.56 Å². The second-order valence-electron chi connectivity index (χ2n) is 5.04. The summed E-state index contributed by atoms with van der Waals surface area (Å²) in [6.45, 7) is 2.15. The van der Waals surface area contributed by atoms with Gasteiger partial charge >= 0.3 is 0 Å². The van der Waals surface area contributed by atoms with Crippen LogP contribution < -0.4 is 5.32 Å². The first kappa shape index (κ1) is 15.2. The molecule has 0 atom stereocenters. The Bertz CT molecular complexity index is 828. The lowest BCUT2D eigenvalue weighted by atomic mass is 10.1. The van der Waals surface area contributed by atoms with E-state index in [1.54, 1.807) is 24.3 Å². The van der Waals surface area contributed by atoms with Gasteiger partial charge in [-0.2, -0.15) is 4.98 Å². The van der Waals surface area contributed by atoms with Crippen molar-refractivity contribution in [2.24, 2.45) is 0 Å². The van der Waals surface area contributed by atoms with Crippen LogP contribution in [0.15, 0.2) is 53.1 Å². The van der Waals surface area contributed by atoms with Gasteiger partial charge in [0.2, 0.25) is 11.7 Å². The number of nitrogens with one attached hydrogen (secondary N) is 1. The zero-order valence-corrected chi connectivity index (χ0v) is 13.2. The molecule has 0 aliphatic rings. The number of amides is 1. The van der Waals surface area contributed by atoms with Gasteiger partial charge in [-0.3, -0.25) is 4.79 Å². The van der Waals surface area contributed by atoms with E-state index in [9.17, 15) is 4.79 Å². The van der Waals surface area contributed by atoms with Gasteiger partial charge in [0.05, 0.1) is 17.1 Å². The second-order valence-corrected chi connectivity index (χ2v) is 5.45. The Hall–Kier alpha value is -2.66. The van der Waals surface area contributed by atoms with Gasteiger partial charge in [0.15, 0.2) is 0 Å². The van der Waals surface area contributed by atoms with E-state index in [0.717, 1.165) is 11.1 Å². The minimum atomic E-state index is -0.286. The maximum Gasteiger partial charge on any atom is 0.253 e. The number of benzene rings is 2. The highest BCUT2D eigenvalue weighted by molar-refractivity contribution is 6.33. The van der Waals surface area contributed by atoms with Crippen molar-refractivity contribution < 1.29 is 9.32 Å². The zero-order valence-electron chi connectivity index (χ0n) is 12.4. The predicted octanol–water partition coefficient (Wildman–Crippen LogP) is 3.63. The first-order valence-corrected chi connectivity index (χ1v) is 7.43. The van der Waals surface area contributed by atoms with E-state index in [1.165, 1.54) is 0 Å². The highest BCUT2D eigenvalue weighted by atomic mass is 35.5. The lowest BCUT2D eigenvalue weighted by Crippen LogP contribution is -2.23. The summed E-state index contributed by atoms with van der Waals surface area (Å²) in [7, 11) is 0. The third kappa shape index (κ3) is 3.57. The Morgan fingerprint density at radius 2 is 1.91 bits per heavy atom.